The molecule has 0 radical (unpaired) electrons. The van der Waals surface area contributed by atoms with Crippen molar-refractivity contribution in [3.63, 3.8) is 0 Å². The fourth-order valence-corrected chi connectivity index (χ4v) is 4.41. The largest absolute Gasteiger partial charge is 0.360 e. The molecule has 2 atom stereocenters. The van der Waals surface area contributed by atoms with Crippen molar-refractivity contribution in [1.29, 1.82) is 0 Å². The lowest BCUT2D eigenvalue weighted by molar-refractivity contribution is -0.120. The van der Waals surface area contributed by atoms with E-state index in [1.807, 2.05) is 12.1 Å². The minimum absolute atomic E-state index is 0. The second-order valence-corrected chi connectivity index (χ2v) is 7.47. The number of benzene rings is 1. The van der Waals surface area contributed by atoms with Crippen LogP contribution >= 0.6 is 24.0 Å². The Kier molecular flexibility index (Phi) is 5.98. The number of pyridine rings is 1. The van der Waals surface area contributed by atoms with Crippen LogP contribution in [0.5, 0.6) is 0 Å². The standard InChI is InChI=1S/C19H21ClN4O3.ClH/c1-10-16-18(23-27-10)17-13(20)6-3-7-14(17)24(19(16)26)12-5-2-4-11(8-12)22-15(25)9-21;/h3,6-7,11-12H,2,4-5,8-9,21H2,1H3,(H,22,25);1H. The smallest absolute Gasteiger partial charge is 0.264 e. The molecule has 0 spiro atoms. The molecule has 1 aromatic carbocycles. The van der Waals surface area contributed by atoms with Crippen LogP contribution in [0.15, 0.2) is 27.5 Å². The minimum atomic E-state index is -0.175. The SMILES string of the molecule is Cc1onc2c1c(=O)n(C1CCCC(NC(=O)CN)C1)c1cccc(Cl)c21.Cl. The van der Waals surface area contributed by atoms with Crippen LogP contribution in [0.1, 0.15) is 37.5 Å². The molecule has 1 saturated carbocycles. The van der Waals surface area contributed by atoms with Crippen LogP contribution in [0.4, 0.5) is 0 Å². The van der Waals surface area contributed by atoms with Crippen molar-refractivity contribution in [3.8, 4) is 0 Å². The van der Waals surface area contributed by atoms with Crippen LogP contribution in [0.25, 0.3) is 21.8 Å². The molecule has 3 aromatic rings. The molecule has 0 aliphatic heterocycles. The fourth-order valence-electron chi connectivity index (χ4n) is 4.15. The second-order valence-electron chi connectivity index (χ2n) is 7.06. The number of nitrogens with one attached hydrogen (secondary N) is 1. The zero-order valence-corrected chi connectivity index (χ0v) is 17.0. The number of fused-ring (bicyclic) bond motifs is 3. The van der Waals surface area contributed by atoms with Crippen LogP contribution in [-0.2, 0) is 4.79 Å². The van der Waals surface area contributed by atoms with Gasteiger partial charge in [-0.05, 0) is 44.7 Å². The van der Waals surface area contributed by atoms with Gasteiger partial charge in [0.05, 0.1) is 17.1 Å². The zero-order valence-electron chi connectivity index (χ0n) is 15.4. The molecule has 1 amide bonds. The number of halogens is 2. The van der Waals surface area contributed by atoms with E-state index in [1.165, 1.54) is 0 Å². The highest BCUT2D eigenvalue weighted by atomic mass is 35.5. The average molecular weight is 425 g/mol. The van der Waals surface area contributed by atoms with Gasteiger partial charge in [-0.2, -0.15) is 0 Å². The summed E-state index contributed by atoms with van der Waals surface area (Å²) in [5.74, 6) is 0.306. The summed E-state index contributed by atoms with van der Waals surface area (Å²) in [6, 6.07) is 5.45. The van der Waals surface area contributed by atoms with E-state index in [1.54, 1.807) is 17.6 Å². The highest BCUT2D eigenvalue weighted by Crippen LogP contribution is 2.35. The first-order chi connectivity index (χ1) is 13.0. The monoisotopic (exact) mass is 424 g/mol. The van der Waals surface area contributed by atoms with Gasteiger partial charge in [-0.25, -0.2) is 0 Å². The molecule has 3 N–H and O–H groups in total. The molecule has 0 bridgehead atoms. The van der Waals surface area contributed by atoms with E-state index in [-0.39, 0.29) is 42.5 Å². The van der Waals surface area contributed by atoms with Crippen molar-refractivity contribution in [2.24, 2.45) is 5.73 Å². The number of hydrogen-bond acceptors (Lipinski definition) is 5. The molecular weight excluding hydrogens is 403 g/mol. The number of rotatable bonds is 3. The maximum atomic E-state index is 13.3. The lowest BCUT2D eigenvalue weighted by Gasteiger charge is -2.32. The normalized spacial score (nSPS) is 19.5. The summed E-state index contributed by atoms with van der Waals surface area (Å²) in [4.78, 5) is 25.0. The summed E-state index contributed by atoms with van der Waals surface area (Å²) in [6.45, 7) is 1.69. The number of carbonyl (C=O) groups excluding carboxylic acids is 1. The van der Waals surface area contributed by atoms with Crippen molar-refractivity contribution >= 4 is 51.7 Å². The van der Waals surface area contributed by atoms with Gasteiger partial charge in [-0.1, -0.05) is 22.8 Å². The number of amides is 1. The Morgan fingerprint density at radius 3 is 2.93 bits per heavy atom. The van der Waals surface area contributed by atoms with E-state index in [4.69, 9.17) is 21.9 Å². The van der Waals surface area contributed by atoms with Crippen molar-refractivity contribution in [2.45, 2.75) is 44.7 Å². The predicted molar refractivity (Wildman–Crippen MR) is 111 cm³/mol. The molecule has 9 heteroatoms. The molecule has 2 aromatic heterocycles. The van der Waals surface area contributed by atoms with Crippen LogP contribution in [0.2, 0.25) is 5.02 Å². The van der Waals surface area contributed by atoms with Gasteiger partial charge in [0.15, 0.2) is 0 Å². The molecule has 1 fully saturated rings. The van der Waals surface area contributed by atoms with Gasteiger partial charge in [-0.15, -0.1) is 12.4 Å². The maximum Gasteiger partial charge on any atom is 0.264 e. The van der Waals surface area contributed by atoms with Gasteiger partial charge in [0.25, 0.3) is 5.56 Å². The number of nitrogens with zero attached hydrogens (tertiary/aromatic N) is 2. The first-order valence-corrected chi connectivity index (χ1v) is 9.47. The first-order valence-electron chi connectivity index (χ1n) is 9.09. The van der Waals surface area contributed by atoms with Crippen molar-refractivity contribution < 1.29 is 9.32 Å². The van der Waals surface area contributed by atoms with Gasteiger partial charge < -0.3 is 20.1 Å². The molecule has 0 saturated heterocycles. The maximum absolute atomic E-state index is 13.3. The van der Waals surface area contributed by atoms with Gasteiger partial charge in [0.1, 0.15) is 16.7 Å². The number of hydrogen-bond donors (Lipinski definition) is 2. The van der Waals surface area contributed by atoms with Crippen LogP contribution in [0.3, 0.4) is 0 Å². The Balaban J connectivity index is 0.00000225. The molecule has 28 heavy (non-hydrogen) atoms. The lowest BCUT2D eigenvalue weighted by Crippen LogP contribution is -2.42. The number of aromatic nitrogens is 2. The Labute approximate surface area is 172 Å². The fraction of sp³-hybridized carbons (Fsp3) is 0.421. The summed E-state index contributed by atoms with van der Waals surface area (Å²) in [7, 11) is 0. The molecular formula is C19H22Cl2N4O3. The van der Waals surface area contributed by atoms with Gasteiger partial charge in [0.2, 0.25) is 5.91 Å². The molecule has 4 rings (SSSR count). The highest BCUT2D eigenvalue weighted by molar-refractivity contribution is 6.37. The Morgan fingerprint density at radius 1 is 1.39 bits per heavy atom. The molecule has 2 heterocycles. The molecule has 2 unspecified atom stereocenters. The third kappa shape index (κ3) is 3.38. The van der Waals surface area contributed by atoms with Crippen molar-refractivity contribution in [1.82, 2.24) is 15.0 Å². The first kappa shape index (κ1) is 20.6. The third-order valence-corrected chi connectivity index (χ3v) is 5.66. The molecule has 150 valence electrons. The van der Waals surface area contributed by atoms with E-state index < -0.39 is 0 Å². The Bertz CT molecular complexity index is 1090. The van der Waals surface area contributed by atoms with E-state index >= 15 is 0 Å². The summed E-state index contributed by atoms with van der Waals surface area (Å²) in [6.07, 6.45) is 3.31. The van der Waals surface area contributed by atoms with E-state index in [2.05, 4.69) is 10.5 Å². The van der Waals surface area contributed by atoms with Crippen LogP contribution in [0, 0.1) is 6.92 Å². The average Bonchev–Trinajstić information content (AvgIpc) is 3.04. The molecule has 1 aliphatic rings. The van der Waals surface area contributed by atoms with Gasteiger partial charge in [0, 0.05) is 17.5 Å². The van der Waals surface area contributed by atoms with Gasteiger partial charge in [-0.3, -0.25) is 9.59 Å². The summed E-state index contributed by atoms with van der Waals surface area (Å²) >= 11 is 6.46. The quantitative estimate of drug-likeness (QED) is 0.671. The second kappa shape index (κ2) is 8.11. The summed E-state index contributed by atoms with van der Waals surface area (Å²) in [5, 5.41) is 8.74. The Morgan fingerprint density at radius 2 is 2.18 bits per heavy atom. The van der Waals surface area contributed by atoms with Crippen LogP contribution < -0.4 is 16.6 Å². The van der Waals surface area contributed by atoms with Crippen molar-refractivity contribution in [2.75, 3.05) is 6.54 Å². The topological polar surface area (TPSA) is 103 Å². The van der Waals surface area contributed by atoms with Crippen LogP contribution in [-0.4, -0.2) is 28.2 Å². The number of aryl methyl sites for hydroxylation is 1. The molecule has 1 aliphatic carbocycles. The number of nitrogens with two attached hydrogens (primary N) is 1. The van der Waals surface area contributed by atoms with Crippen molar-refractivity contribution in [3.05, 3.63) is 39.3 Å². The van der Waals surface area contributed by atoms with Gasteiger partial charge >= 0.3 is 0 Å². The summed E-state index contributed by atoms with van der Waals surface area (Å²) in [5.41, 5.74) is 6.53. The third-order valence-electron chi connectivity index (χ3n) is 5.35. The van der Waals surface area contributed by atoms with E-state index in [9.17, 15) is 9.59 Å². The predicted octanol–water partition coefficient (Wildman–Crippen LogP) is 3.08. The Hall–Kier alpha value is -2.09. The summed E-state index contributed by atoms with van der Waals surface area (Å²) < 4.78 is 7.10. The van der Waals surface area contributed by atoms with E-state index in [0.29, 0.717) is 28.1 Å². The van der Waals surface area contributed by atoms with E-state index in [0.717, 1.165) is 30.2 Å². The minimum Gasteiger partial charge on any atom is -0.360 e. The lowest BCUT2D eigenvalue weighted by atomic mass is 9.90. The number of carbonyl (C=O) groups is 1. The molecule has 7 nitrogen and oxygen atoms in total. The highest BCUT2D eigenvalue weighted by Gasteiger charge is 2.28. The zero-order chi connectivity index (χ0) is 19.1.